The van der Waals surface area contributed by atoms with Crippen LogP contribution < -0.4 is 5.32 Å². The highest BCUT2D eigenvalue weighted by Gasteiger charge is 2.15. The molecule has 0 bridgehead atoms. The molecule has 0 radical (unpaired) electrons. The zero-order valence-electron chi connectivity index (χ0n) is 9.76. The van der Waals surface area contributed by atoms with Crippen molar-refractivity contribution in [2.75, 3.05) is 12.4 Å². The third kappa shape index (κ3) is 2.01. The number of rotatable bonds is 2. The summed E-state index contributed by atoms with van der Waals surface area (Å²) in [6.07, 6.45) is 1.27. The van der Waals surface area contributed by atoms with Gasteiger partial charge in [0.15, 0.2) is 17.5 Å². The van der Waals surface area contributed by atoms with Gasteiger partial charge < -0.3 is 5.32 Å². The Morgan fingerprint density at radius 2 is 1.67 bits per heavy atom. The van der Waals surface area contributed by atoms with Crippen molar-refractivity contribution >= 4 is 5.82 Å². The lowest BCUT2D eigenvalue weighted by molar-refractivity contribution is 0.447. The first kappa shape index (κ1) is 12.3. The average Bonchev–Trinajstić information content (AvgIpc) is 2.35. The summed E-state index contributed by atoms with van der Waals surface area (Å²) in [6.45, 7) is 1.71. The van der Waals surface area contributed by atoms with Crippen molar-refractivity contribution < 1.29 is 13.2 Å². The summed E-state index contributed by atoms with van der Waals surface area (Å²) in [7, 11) is 1.67. The fraction of sp³-hybridized carbons (Fsp3) is 0.167. The molecule has 0 unspecified atom stereocenters. The van der Waals surface area contributed by atoms with Gasteiger partial charge in [0.25, 0.3) is 0 Å². The Morgan fingerprint density at radius 3 is 2.22 bits per heavy atom. The zero-order chi connectivity index (χ0) is 13.3. The standard InChI is InChI=1S/C12H10F3N3/c1-6-11(17-5-18-12(6)16-2)7-3-8(13)10(15)9(14)4-7/h3-5H,1-2H3,(H,16,17,18). The molecule has 3 nitrogen and oxygen atoms in total. The minimum absolute atomic E-state index is 0.169. The fourth-order valence-electron chi connectivity index (χ4n) is 1.69. The van der Waals surface area contributed by atoms with Gasteiger partial charge in [-0.25, -0.2) is 23.1 Å². The predicted octanol–water partition coefficient (Wildman–Crippen LogP) is 2.91. The Balaban J connectivity index is 2.62. The number of anilines is 1. The van der Waals surface area contributed by atoms with Crippen LogP contribution in [0.3, 0.4) is 0 Å². The van der Waals surface area contributed by atoms with E-state index in [1.807, 2.05) is 0 Å². The predicted molar refractivity (Wildman–Crippen MR) is 61.6 cm³/mol. The summed E-state index contributed by atoms with van der Waals surface area (Å²) in [6, 6.07) is 1.82. The molecular weight excluding hydrogens is 243 g/mol. The molecule has 0 saturated heterocycles. The van der Waals surface area contributed by atoms with E-state index in [9.17, 15) is 13.2 Å². The second kappa shape index (κ2) is 4.64. The summed E-state index contributed by atoms with van der Waals surface area (Å²) in [5.41, 5.74) is 1.15. The van der Waals surface area contributed by atoms with Gasteiger partial charge in [-0.3, -0.25) is 0 Å². The molecule has 0 aliphatic carbocycles. The second-order valence-electron chi connectivity index (χ2n) is 3.70. The van der Waals surface area contributed by atoms with Crippen molar-refractivity contribution in [1.82, 2.24) is 9.97 Å². The van der Waals surface area contributed by atoms with Crippen LogP contribution in [-0.4, -0.2) is 17.0 Å². The molecule has 1 aromatic carbocycles. The molecule has 2 aromatic rings. The molecule has 1 heterocycles. The van der Waals surface area contributed by atoms with Crippen LogP contribution in [0.15, 0.2) is 18.5 Å². The van der Waals surface area contributed by atoms with Crippen LogP contribution in [0.2, 0.25) is 0 Å². The maximum Gasteiger partial charge on any atom is 0.194 e. The second-order valence-corrected chi connectivity index (χ2v) is 3.70. The summed E-state index contributed by atoms with van der Waals surface area (Å²) in [5, 5.41) is 2.83. The summed E-state index contributed by atoms with van der Waals surface area (Å²) in [5.74, 6) is -3.42. The average molecular weight is 253 g/mol. The zero-order valence-corrected chi connectivity index (χ0v) is 9.76. The van der Waals surface area contributed by atoms with Crippen LogP contribution in [0.1, 0.15) is 5.56 Å². The highest BCUT2D eigenvalue weighted by atomic mass is 19.2. The number of benzene rings is 1. The van der Waals surface area contributed by atoms with Gasteiger partial charge in [0.1, 0.15) is 12.1 Å². The van der Waals surface area contributed by atoms with E-state index in [0.717, 1.165) is 12.1 Å². The third-order valence-corrected chi connectivity index (χ3v) is 2.58. The van der Waals surface area contributed by atoms with Crippen LogP contribution in [0.5, 0.6) is 0 Å². The van der Waals surface area contributed by atoms with Crippen molar-refractivity contribution in [3.05, 3.63) is 41.5 Å². The van der Waals surface area contributed by atoms with E-state index in [0.29, 0.717) is 17.1 Å². The van der Waals surface area contributed by atoms with Gasteiger partial charge in [-0.2, -0.15) is 0 Å². The lowest BCUT2D eigenvalue weighted by Crippen LogP contribution is -2.00. The van der Waals surface area contributed by atoms with Crippen molar-refractivity contribution in [2.24, 2.45) is 0 Å². The van der Waals surface area contributed by atoms with Crippen LogP contribution in [0.25, 0.3) is 11.3 Å². The molecule has 0 saturated carbocycles. The van der Waals surface area contributed by atoms with Gasteiger partial charge in [0.2, 0.25) is 0 Å². The van der Waals surface area contributed by atoms with E-state index < -0.39 is 17.5 Å². The van der Waals surface area contributed by atoms with Gasteiger partial charge in [-0.05, 0) is 19.1 Å². The Kier molecular flexibility index (Phi) is 3.18. The molecule has 6 heteroatoms. The van der Waals surface area contributed by atoms with Crippen LogP contribution in [-0.2, 0) is 0 Å². The van der Waals surface area contributed by atoms with Gasteiger partial charge >= 0.3 is 0 Å². The van der Waals surface area contributed by atoms with Crippen molar-refractivity contribution in [3.8, 4) is 11.3 Å². The Labute approximate surface area is 102 Å². The summed E-state index contributed by atoms with van der Waals surface area (Å²) >= 11 is 0. The Hall–Kier alpha value is -2.11. The number of aromatic nitrogens is 2. The van der Waals surface area contributed by atoms with Crippen molar-refractivity contribution in [2.45, 2.75) is 6.92 Å². The normalized spacial score (nSPS) is 10.5. The first-order valence-corrected chi connectivity index (χ1v) is 5.19. The molecule has 0 spiro atoms. The molecule has 0 amide bonds. The lowest BCUT2D eigenvalue weighted by Gasteiger charge is -2.09. The highest BCUT2D eigenvalue weighted by molar-refractivity contribution is 5.67. The monoisotopic (exact) mass is 253 g/mol. The molecule has 94 valence electrons. The fourth-order valence-corrected chi connectivity index (χ4v) is 1.69. The van der Waals surface area contributed by atoms with Gasteiger partial charge in [-0.15, -0.1) is 0 Å². The van der Waals surface area contributed by atoms with E-state index >= 15 is 0 Å². The Morgan fingerprint density at radius 1 is 1.06 bits per heavy atom. The molecule has 0 fully saturated rings. The SMILES string of the molecule is CNc1ncnc(-c2cc(F)c(F)c(F)c2)c1C. The van der Waals surface area contributed by atoms with E-state index in [1.54, 1.807) is 14.0 Å². The molecule has 2 rings (SSSR count). The highest BCUT2D eigenvalue weighted by Crippen LogP contribution is 2.27. The molecular formula is C12H10F3N3. The first-order valence-electron chi connectivity index (χ1n) is 5.19. The van der Waals surface area contributed by atoms with Crippen LogP contribution in [0.4, 0.5) is 19.0 Å². The van der Waals surface area contributed by atoms with Crippen molar-refractivity contribution in [3.63, 3.8) is 0 Å². The number of hydrogen-bond acceptors (Lipinski definition) is 3. The summed E-state index contributed by atoms with van der Waals surface area (Å²) in [4.78, 5) is 7.92. The molecule has 0 atom stereocenters. The smallest absolute Gasteiger partial charge is 0.194 e. The first-order chi connectivity index (χ1) is 8.54. The van der Waals surface area contributed by atoms with E-state index in [1.165, 1.54) is 6.33 Å². The maximum absolute atomic E-state index is 13.2. The number of hydrogen-bond donors (Lipinski definition) is 1. The maximum atomic E-state index is 13.2. The molecule has 0 aliphatic heterocycles. The molecule has 1 N–H and O–H groups in total. The third-order valence-electron chi connectivity index (χ3n) is 2.58. The van der Waals surface area contributed by atoms with Crippen molar-refractivity contribution in [1.29, 1.82) is 0 Å². The van der Waals surface area contributed by atoms with E-state index in [2.05, 4.69) is 15.3 Å². The number of nitrogens with one attached hydrogen (secondary N) is 1. The Bertz CT molecular complexity index is 576. The van der Waals surface area contributed by atoms with E-state index in [-0.39, 0.29) is 5.56 Å². The van der Waals surface area contributed by atoms with Gasteiger partial charge in [0.05, 0.1) is 5.69 Å². The van der Waals surface area contributed by atoms with Gasteiger partial charge in [0, 0.05) is 18.2 Å². The van der Waals surface area contributed by atoms with Gasteiger partial charge in [-0.1, -0.05) is 0 Å². The quantitative estimate of drug-likeness (QED) is 0.836. The topological polar surface area (TPSA) is 37.8 Å². The lowest BCUT2D eigenvalue weighted by atomic mass is 10.1. The molecule has 1 aromatic heterocycles. The summed E-state index contributed by atoms with van der Waals surface area (Å²) < 4.78 is 39.2. The number of nitrogens with zero attached hydrogens (tertiary/aromatic N) is 2. The molecule has 18 heavy (non-hydrogen) atoms. The largest absolute Gasteiger partial charge is 0.373 e. The molecule has 0 aliphatic rings. The number of halogens is 3. The van der Waals surface area contributed by atoms with E-state index in [4.69, 9.17) is 0 Å². The minimum Gasteiger partial charge on any atom is -0.373 e. The van der Waals surface area contributed by atoms with Crippen LogP contribution >= 0.6 is 0 Å². The van der Waals surface area contributed by atoms with Crippen LogP contribution in [0, 0.1) is 24.4 Å². The minimum atomic E-state index is -1.49.